The van der Waals surface area contributed by atoms with Crippen LogP contribution in [0.15, 0.2) is 30.6 Å². The Morgan fingerprint density at radius 2 is 2.05 bits per heavy atom. The molecule has 1 saturated carbocycles. The average Bonchev–Trinajstić information content (AvgIpc) is 3.18. The molecule has 2 aliphatic rings. The molecule has 4 rings (SSSR count). The number of likely N-dealkylation sites (N-methyl/N-ethyl adjacent to an activating group) is 1. The van der Waals surface area contributed by atoms with Gasteiger partial charge in [0, 0.05) is 36.7 Å². The molecule has 1 aliphatic carbocycles. The van der Waals surface area contributed by atoms with E-state index >= 15 is 0 Å². The summed E-state index contributed by atoms with van der Waals surface area (Å²) in [5.41, 5.74) is 2.77. The van der Waals surface area contributed by atoms with Crippen LogP contribution in [0, 0.1) is 0 Å². The first kappa shape index (κ1) is 12.6. The minimum atomic E-state index is -0.434. The molecule has 21 heavy (non-hydrogen) atoms. The maximum absolute atomic E-state index is 12.4. The van der Waals surface area contributed by atoms with E-state index in [1.807, 2.05) is 33.3 Å². The van der Waals surface area contributed by atoms with Crippen LogP contribution in [0.5, 0.6) is 0 Å². The molecular formula is C17H19N3O. The minimum absolute atomic E-state index is 0.155. The van der Waals surface area contributed by atoms with Gasteiger partial charge in [0.15, 0.2) is 0 Å². The van der Waals surface area contributed by atoms with Crippen molar-refractivity contribution in [2.24, 2.45) is 0 Å². The third-order valence-corrected chi connectivity index (χ3v) is 4.75. The lowest BCUT2D eigenvalue weighted by molar-refractivity contribution is -0.121. The number of rotatable bonds is 2. The van der Waals surface area contributed by atoms with Gasteiger partial charge in [-0.2, -0.15) is 0 Å². The van der Waals surface area contributed by atoms with E-state index in [1.54, 1.807) is 4.90 Å². The molecular weight excluding hydrogens is 262 g/mol. The van der Waals surface area contributed by atoms with Crippen LogP contribution in [0.3, 0.4) is 0 Å². The molecule has 108 valence electrons. The van der Waals surface area contributed by atoms with Gasteiger partial charge in [-0.25, -0.2) is 4.98 Å². The molecule has 1 amide bonds. The molecule has 4 heteroatoms. The summed E-state index contributed by atoms with van der Waals surface area (Å²) in [4.78, 5) is 18.6. The summed E-state index contributed by atoms with van der Waals surface area (Å²) >= 11 is 0. The van der Waals surface area contributed by atoms with Crippen LogP contribution in [0.25, 0.3) is 5.69 Å². The molecule has 1 aromatic carbocycles. The van der Waals surface area contributed by atoms with Crippen LogP contribution >= 0.6 is 0 Å². The van der Waals surface area contributed by atoms with Crippen LogP contribution in [-0.2, 0) is 10.2 Å². The third-order valence-electron chi connectivity index (χ3n) is 4.75. The first-order chi connectivity index (χ1) is 10.00. The van der Waals surface area contributed by atoms with Crippen LogP contribution in [0.2, 0.25) is 0 Å². The number of carbonyl (C=O) groups excluding carboxylic acids is 1. The van der Waals surface area contributed by atoms with Gasteiger partial charge in [-0.15, -0.1) is 0 Å². The monoisotopic (exact) mass is 281 g/mol. The van der Waals surface area contributed by atoms with Gasteiger partial charge in [0.2, 0.25) is 5.91 Å². The lowest BCUT2D eigenvalue weighted by Gasteiger charge is -2.16. The Labute approximate surface area is 124 Å². The second kappa shape index (κ2) is 3.97. The zero-order valence-electron chi connectivity index (χ0n) is 12.6. The van der Waals surface area contributed by atoms with E-state index in [0.717, 1.165) is 22.8 Å². The molecule has 0 bridgehead atoms. The SMILES string of the molecule is CN1C(=O)C(C)(C)c2ccc(-n3ccnc3C3CC3)cc21. The highest BCUT2D eigenvalue weighted by Gasteiger charge is 2.42. The fraction of sp³-hybridized carbons (Fsp3) is 0.412. The highest BCUT2D eigenvalue weighted by Crippen LogP contribution is 2.43. The molecule has 2 heterocycles. The van der Waals surface area contributed by atoms with Crippen molar-refractivity contribution in [1.82, 2.24) is 9.55 Å². The molecule has 0 N–H and O–H groups in total. The lowest BCUT2D eigenvalue weighted by Crippen LogP contribution is -2.33. The summed E-state index contributed by atoms with van der Waals surface area (Å²) in [7, 11) is 1.86. The molecule has 0 spiro atoms. The average molecular weight is 281 g/mol. The number of nitrogens with zero attached hydrogens (tertiary/aromatic N) is 3. The van der Waals surface area contributed by atoms with Gasteiger partial charge in [-0.3, -0.25) is 4.79 Å². The van der Waals surface area contributed by atoms with Crippen molar-refractivity contribution < 1.29 is 4.79 Å². The first-order valence-corrected chi connectivity index (χ1v) is 7.46. The summed E-state index contributed by atoms with van der Waals surface area (Å²) in [6, 6.07) is 6.29. The Morgan fingerprint density at radius 3 is 2.76 bits per heavy atom. The van der Waals surface area contributed by atoms with E-state index in [1.165, 1.54) is 12.8 Å². The molecule has 0 saturated heterocycles. The van der Waals surface area contributed by atoms with Crippen LogP contribution in [0.1, 0.15) is 44.0 Å². The number of anilines is 1. The fourth-order valence-electron chi connectivity index (χ4n) is 3.30. The Bertz CT molecular complexity index is 740. The van der Waals surface area contributed by atoms with E-state index in [2.05, 4.69) is 27.8 Å². The van der Waals surface area contributed by atoms with Crippen molar-refractivity contribution in [1.29, 1.82) is 0 Å². The molecule has 0 radical (unpaired) electrons. The molecule has 1 fully saturated rings. The first-order valence-electron chi connectivity index (χ1n) is 7.46. The Hall–Kier alpha value is -2.10. The van der Waals surface area contributed by atoms with E-state index < -0.39 is 5.41 Å². The van der Waals surface area contributed by atoms with Crippen molar-refractivity contribution in [2.75, 3.05) is 11.9 Å². The summed E-state index contributed by atoms with van der Waals surface area (Å²) in [6.07, 6.45) is 6.33. The van der Waals surface area contributed by atoms with Crippen LogP contribution < -0.4 is 4.90 Å². The number of amides is 1. The molecule has 1 aromatic heterocycles. The van der Waals surface area contributed by atoms with Crippen molar-refractivity contribution in [3.8, 4) is 5.69 Å². The van der Waals surface area contributed by atoms with E-state index in [0.29, 0.717) is 5.92 Å². The largest absolute Gasteiger partial charge is 0.314 e. The second-order valence-electron chi connectivity index (χ2n) is 6.62. The smallest absolute Gasteiger partial charge is 0.236 e. The number of aromatic nitrogens is 2. The number of carbonyl (C=O) groups is 1. The molecule has 2 aromatic rings. The summed E-state index contributed by atoms with van der Waals surface area (Å²) in [5, 5.41) is 0. The standard InChI is InChI=1S/C17H19N3O/c1-17(2)13-7-6-12(10-14(13)19(3)16(17)21)20-9-8-18-15(20)11-4-5-11/h6-11H,4-5H2,1-3H3. The zero-order valence-corrected chi connectivity index (χ0v) is 12.6. The maximum Gasteiger partial charge on any atom is 0.236 e. The number of hydrogen-bond donors (Lipinski definition) is 0. The number of imidazole rings is 1. The highest BCUT2D eigenvalue weighted by molar-refractivity contribution is 6.07. The van der Waals surface area contributed by atoms with Crippen LogP contribution in [0.4, 0.5) is 5.69 Å². The Morgan fingerprint density at radius 1 is 1.29 bits per heavy atom. The van der Waals surface area contributed by atoms with Crippen LogP contribution in [-0.4, -0.2) is 22.5 Å². The summed E-state index contributed by atoms with van der Waals surface area (Å²) in [5.74, 6) is 1.90. The number of fused-ring (bicyclic) bond motifs is 1. The Kier molecular flexibility index (Phi) is 2.39. The van der Waals surface area contributed by atoms with Crippen molar-refractivity contribution >= 4 is 11.6 Å². The molecule has 0 unspecified atom stereocenters. The normalized spacial score (nSPS) is 20.0. The predicted molar refractivity (Wildman–Crippen MR) is 82.0 cm³/mol. The van der Waals surface area contributed by atoms with Crippen molar-refractivity contribution in [2.45, 2.75) is 38.0 Å². The summed E-state index contributed by atoms with van der Waals surface area (Å²) in [6.45, 7) is 3.98. The Balaban J connectivity index is 1.84. The second-order valence-corrected chi connectivity index (χ2v) is 6.62. The molecule has 0 atom stereocenters. The summed E-state index contributed by atoms with van der Waals surface area (Å²) < 4.78 is 2.15. The van der Waals surface area contributed by atoms with E-state index in [4.69, 9.17) is 0 Å². The maximum atomic E-state index is 12.4. The quantitative estimate of drug-likeness (QED) is 0.848. The van der Waals surface area contributed by atoms with Crippen molar-refractivity contribution in [3.05, 3.63) is 42.0 Å². The highest BCUT2D eigenvalue weighted by atomic mass is 16.2. The minimum Gasteiger partial charge on any atom is -0.314 e. The van der Waals surface area contributed by atoms with Gasteiger partial charge in [0.05, 0.1) is 5.41 Å². The molecule has 4 nitrogen and oxygen atoms in total. The van der Waals surface area contributed by atoms with Gasteiger partial charge < -0.3 is 9.47 Å². The zero-order chi connectivity index (χ0) is 14.8. The topological polar surface area (TPSA) is 38.1 Å². The predicted octanol–water partition coefficient (Wildman–Crippen LogP) is 3.00. The van der Waals surface area contributed by atoms with Gasteiger partial charge in [-0.1, -0.05) is 6.07 Å². The van der Waals surface area contributed by atoms with Gasteiger partial charge in [0.1, 0.15) is 5.82 Å². The van der Waals surface area contributed by atoms with Gasteiger partial charge in [0.25, 0.3) is 0 Å². The lowest BCUT2D eigenvalue weighted by atomic mass is 9.86. The number of hydrogen-bond acceptors (Lipinski definition) is 2. The van der Waals surface area contributed by atoms with Crippen molar-refractivity contribution in [3.63, 3.8) is 0 Å². The third kappa shape index (κ3) is 1.68. The fourth-order valence-corrected chi connectivity index (χ4v) is 3.30. The van der Waals surface area contributed by atoms with Gasteiger partial charge in [-0.05, 0) is 44.4 Å². The number of benzene rings is 1. The van der Waals surface area contributed by atoms with E-state index in [-0.39, 0.29) is 5.91 Å². The van der Waals surface area contributed by atoms with Gasteiger partial charge >= 0.3 is 0 Å². The molecule has 1 aliphatic heterocycles. The van der Waals surface area contributed by atoms with E-state index in [9.17, 15) is 4.79 Å².